The lowest BCUT2D eigenvalue weighted by Gasteiger charge is -2.21. The summed E-state index contributed by atoms with van der Waals surface area (Å²) >= 11 is 0. The van der Waals surface area contributed by atoms with Gasteiger partial charge in [0.25, 0.3) is 0 Å². The number of nitrogens with one attached hydrogen (secondary N) is 1. The summed E-state index contributed by atoms with van der Waals surface area (Å²) in [5.41, 5.74) is 0.708. The van der Waals surface area contributed by atoms with Gasteiger partial charge in [0.15, 0.2) is 0 Å². The van der Waals surface area contributed by atoms with Crippen LogP contribution in [0.3, 0.4) is 0 Å². The Labute approximate surface area is 171 Å². The highest BCUT2D eigenvalue weighted by Gasteiger charge is 2.45. The van der Waals surface area contributed by atoms with Gasteiger partial charge in [-0.15, -0.1) is 0 Å². The molecular weight excluding hydrogens is 390 g/mol. The second kappa shape index (κ2) is 7.57. The monoisotopic (exact) mass is 417 g/mol. The smallest absolute Gasteiger partial charge is 0.243 e. The molecule has 1 aromatic carbocycles. The lowest BCUT2D eigenvalue weighted by Crippen LogP contribution is -2.35. The highest BCUT2D eigenvalue weighted by molar-refractivity contribution is 7.89. The van der Waals surface area contributed by atoms with Gasteiger partial charge in [0, 0.05) is 37.8 Å². The number of hydrogen-bond donors (Lipinski definition) is 1. The van der Waals surface area contributed by atoms with E-state index in [9.17, 15) is 18.0 Å². The van der Waals surface area contributed by atoms with Gasteiger partial charge in [0.05, 0.1) is 4.90 Å². The summed E-state index contributed by atoms with van der Waals surface area (Å²) in [6.07, 6.45) is 4.73. The Balaban J connectivity index is 1.40. The molecule has 1 N–H and O–H groups in total. The molecule has 1 heterocycles. The Morgan fingerprint density at radius 1 is 1.14 bits per heavy atom. The zero-order valence-electron chi connectivity index (χ0n) is 16.6. The van der Waals surface area contributed by atoms with E-state index in [0.29, 0.717) is 18.8 Å². The summed E-state index contributed by atoms with van der Waals surface area (Å²) in [4.78, 5) is 25.5. The second-order valence-corrected chi connectivity index (χ2v) is 10.3. The number of fused-ring (bicyclic) bond motifs is 1. The van der Waals surface area contributed by atoms with Gasteiger partial charge in [-0.1, -0.05) is 6.58 Å². The summed E-state index contributed by atoms with van der Waals surface area (Å²) in [6.45, 7) is 4.43. The minimum atomic E-state index is -3.57. The molecule has 0 spiro atoms. The molecule has 2 unspecified atom stereocenters. The Morgan fingerprint density at radius 3 is 2.24 bits per heavy atom. The van der Waals surface area contributed by atoms with Gasteiger partial charge in [-0.25, -0.2) is 8.42 Å². The molecule has 8 heteroatoms. The maximum atomic E-state index is 13.1. The number of benzene rings is 1. The molecule has 4 rings (SSSR count). The van der Waals surface area contributed by atoms with Crippen molar-refractivity contribution in [2.75, 3.05) is 25.0 Å². The van der Waals surface area contributed by atoms with Crippen LogP contribution in [0, 0.1) is 17.8 Å². The van der Waals surface area contributed by atoms with Crippen LogP contribution in [-0.2, 0) is 19.6 Å². The predicted molar refractivity (Wildman–Crippen MR) is 110 cm³/mol. The fraction of sp³-hybridized carbons (Fsp3) is 0.524. The SMILES string of the molecule is C=CC(=O)NC1CC2CN(S(=O)(=O)c3ccc(N(C)C(=O)C4CC4)cc3)CC2C1. The van der Waals surface area contributed by atoms with Gasteiger partial charge in [-0.05, 0) is 67.9 Å². The number of carbonyl (C=O) groups excluding carboxylic acids is 2. The van der Waals surface area contributed by atoms with E-state index in [1.807, 2.05) is 0 Å². The van der Waals surface area contributed by atoms with Crippen molar-refractivity contribution >= 4 is 27.5 Å². The Kier molecular flexibility index (Phi) is 5.25. The average molecular weight is 418 g/mol. The van der Waals surface area contributed by atoms with E-state index in [1.165, 1.54) is 6.08 Å². The molecule has 1 saturated heterocycles. The number of rotatable bonds is 6. The van der Waals surface area contributed by atoms with Crippen LogP contribution in [0.2, 0.25) is 0 Å². The number of anilines is 1. The quantitative estimate of drug-likeness (QED) is 0.715. The van der Waals surface area contributed by atoms with E-state index in [4.69, 9.17) is 0 Å². The first-order chi connectivity index (χ1) is 13.8. The van der Waals surface area contributed by atoms with Crippen molar-refractivity contribution in [1.82, 2.24) is 9.62 Å². The summed E-state index contributed by atoms with van der Waals surface area (Å²) in [5, 5.41) is 2.92. The van der Waals surface area contributed by atoms with Gasteiger partial charge in [0.2, 0.25) is 21.8 Å². The van der Waals surface area contributed by atoms with Gasteiger partial charge in [-0.2, -0.15) is 4.31 Å². The molecule has 3 fully saturated rings. The van der Waals surface area contributed by atoms with Crippen molar-refractivity contribution in [2.24, 2.45) is 17.8 Å². The summed E-state index contributed by atoms with van der Waals surface area (Å²) in [7, 11) is -1.84. The molecule has 7 nitrogen and oxygen atoms in total. The Hall–Kier alpha value is -2.19. The van der Waals surface area contributed by atoms with Crippen LogP contribution in [0.5, 0.6) is 0 Å². The van der Waals surface area contributed by atoms with E-state index in [2.05, 4.69) is 11.9 Å². The summed E-state index contributed by atoms with van der Waals surface area (Å²) < 4.78 is 27.7. The third kappa shape index (κ3) is 3.96. The van der Waals surface area contributed by atoms with E-state index in [1.54, 1.807) is 40.5 Å². The number of sulfonamides is 1. The molecule has 2 saturated carbocycles. The minimum Gasteiger partial charge on any atom is -0.350 e. The molecular formula is C21H27N3O4S. The summed E-state index contributed by atoms with van der Waals surface area (Å²) in [6, 6.07) is 6.67. The fourth-order valence-electron chi connectivity index (χ4n) is 4.55. The topological polar surface area (TPSA) is 86.8 Å². The Morgan fingerprint density at radius 2 is 1.72 bits per heavy atom. The molecule has 1 aliphatic heterocycles. The minimum absolute atomic E-state index is 0.0890. The van der Waals surface area contributed by atoms with Crippen molar-refractivity contribution in [3.63, 3.8) is 0 Å². The Bertz CT molecular complexity index is 910. The van der Waals surface area contributed by atoms with Crippen molar-refractivity contribution in [3.05, 3.63) is 36.9 Å². The van der Waals surface area contributed by atoms with Crippen LogP contribution in [0.25, 0.3) is 0 Å². The third-order valence-electron chi connectivity index (χ3n) is 6.37. The van der Waals surface area contributed by atoms with Crippen LogP contribution in [0.1, 0.15) is 25.7 Å². The van der Waals surface area contributed by atoms with Crippen molar-refractivity contribution in [3.8, 4) is 0 Å². The van der Waals surface area contributed by atoms with E-state index in [-0.39, 0.29) is 40.5 Å². The van der Waals surface area contributed by atoms with Crippen molar-refractivity contribution < 1.29 is 18.0 Å². The van der Waals surface area contributed by atoms with E-state index >= 15 is 0 Å². The molecule has 29 heavy (non-hydrogen) atoms. The zero-order valence-corrected chi connectivity index (χ0v) is 17.4. The lowest BCUT2D eigenvalue weighted by molar-refractivity contribution is -0.119. The maximum absolute atomic E-state index is 13.1. The van der Waals surface area contributed by atoms with Crippen LogP contribution < -0.4 is 10.2 Å². The highest BCUT2D eigenvalue weighted by atomic mass is 32.2. The molecule has 0 bridgehead atoms. The second-order valence-electron chi connectivity index (χ2n) is 8.39. The normalized spacial score (nSPS) is 26.7. The van der Waals surface area contributed by atoms with E-state index < -0.39 is 10.0 Å². The van der Waals surface area contributed by atoms with Crippen LogP contribution in [0.15, 0.2) is 41.8 Å². The third-order valence-corrected chi connectivity index (χ3v) is 8.21. The van der Waals surface area contributed by atoms with Crippen LogP contribution >= 0.6 is 0 Å². The van der Waals surface area contributed by atoms with Crippen LogP contribution in [0.4, 0.5) is 5.69 Å². The van der Waals surface area contributed by atoms with Gasteiger partial charge in [0.1, 0.15) is 0 Å². The highest BCUT2D eigenvalue weighted by Crippen LogP contribution is 2.40. The maximum Gasteiger partial charge on any atom is 0.243 e. The number of hydrogen-bond acceptors (Lipinski definition) is 4. The van der Waals surface area contributed by atoms with Crippen LogP contribution in [-0.4, -0.2) is 50.7 Å². The number of carbonyl (C=O) groups is 2. The van der Waals surface area contributed by atoms with Crippen molar-refractivity contribution in [1.29, 1.82) is 0 Å². The first kappa shape index (κ1) is 20.1. The summed E-state index contributed by atoms with van der Waals surface area (Å²) in [5.74, 6) is 0.561. The molecule has 0 radical (unpaired) electrons. The fourth-order valence-corrected chi connectivity index (χ4v) is 6.11. The standard InChI is InChI=1S/C21H27N3O4S/c1-3-20(25)22-17-10-15-12-24(13-16(15)11-17)29(27,28)19-8-6-18(7-9-19)23(2)21(26)14-4-5-14/h3,6-9,14-17H,1,4-5,10-13H2,2H3,(H,22,25). The first-order valence-corrected chi connectivity index (χ1v) is 11.5. The van der Waals surface area contributed by atoms with Gasteiger partial charge < -0.3 is 10.2 Å². The molecule has 2 amide bonds. The number of amides is 2. The molecule has 0 aromatic heterocycles. The predicted octanol–water partition coefficient (Wildman–Crippen LogP) is 1.76. The van der Waals surface area contributed by atoms with E-state index in [0.717, 1.165) is 25.7 Å². The van der Waals surface area contributed by atoms with Crippen molar-refractivity contribution in [2.45, 2.75) is 36.6 Å². The molecule has 1 aromatic rings. The zero-order chi connectivity index (χ0) is 20.8. The average Bonchev–Trinajstić information content (AvgIpc) is 3.38. The number of nitrogens with zero attached hydrogens (tertiary/aromatic N) is 2. The molecule has 2 aliphatic carbocycles. The lowest BCUT2D eigenvalue weighted by atomic mass is 10.0. The molecule has 156 valence electrons. The van der Waals surface area contributed by atoms with Gasteiger partial charge in [-0.3, -0.25) is 9.59 Å². The largest absolute Gasteiger partial charge is 0.350 e. The first-order valence-electron chi connectivity index (χ1n) is 10.1. The molecule has 2 atom stereocenters. The molecule has 3 aliphatic rings. The van der Waals surface area contributed by atoms with Gasteiger partial charge >= 0.3 is 0 Å².